The maximum absolute atomic E-state index is 12.6. The molecular weight excluding hydrogens is 435 g/mol. The van der Waals surface area contributed by atoms with Crippen molar-refractivity contribution in [2.45, 2.75) is 6.92 Å². The minimum absolute atomic E-state index is 0.00622. The highest BCUT2D eigenvalue weighted by atomic mass is 127. The van der Waals surface area contributed by atoms with Crippen LogP contribution in [0, 0.1) is 3.57 Å². The number of hydrogen-bond donors (Lipinski definition) is 2. The second-order valence-electron chi connectivity index (χ2n) is 5.28. The first-order chi connectivity index (χ1) is 12.0. The lowest BCUT2D eigenvalue weighted by atomic mass is 10.1. The molecule has 0 bridgehead atoms. The van der Waals surface area contributed by atoms with Gasteiger partial charge in [0, 0.05) is 3.57 Å². The number of hydrazine groups is 1. The summed E-state index contributed by atoms with van der Waals surface area (Å²) in [5.41, 5.74) is 3.75. The van der Waals surface area contributed by atoms with E-state index >= 15 is 0 Å². The van der Waals surface area contributed by atoms with Gasteiger partial charge >= 0.3 is 0 Å². The van der Waals surface area contributed by atoms with Crippen molar-refractivity contribution in [3.63, 3.8) is 0 Å². The highest BCUT2D eigenvalue weighted by molar-refractivity contribution is 14.1. The molecule has 2 aromatic carbocycles. The van der Waals surface area contributed by atoms with Gasteiger partial charge in [0.1, 0.15) is 5.57 Å². The van der Waals surface area contributed by atoms with Crippen LogP contribution in [-0.2, 0) is 9.59 Å². The number of ether oxygens (including phenoxy) is 1. The molecule has 2 N–H and O–H groups in total. The molecule has 1 saturated heterocycles. The number of carbonyl (C=O) groups excluding carboxylic acids is 2. The number of phenolic OH excluding ortho intramolecular Hbond substituents is 1. The van der Waals surface area contributed by atoms with Crippen molar-refractivity contribution in [1.82, 2.24) is 5.43 Å². The van der Waals surface area contributed by atoms with E-state index in [0.717, 1.165) is 3.57 Å². The van der Waals surface area contributed by atoms with Crippen LogP contribution in [-0.4, -0.2) is 23.5 Å². The molecule has 0 aliphatic carbocycles. The molecule has 25 heavy (non-hydrogen) atoms. The Kier molecular flexibility index (Phi) is 4.93. The minimum atomic E-state index is -0.477. The molecule has 2 amide bonds. The molecule has 1 aliphatic heterocycles. The molecule has 2 aromatic rings. The fourth-order valence-corrected chi connectivity index (χ4v) is 2.75. The lowest BCUT2D eigenvalue weighted by Crippen LogP contribution is -2.35. The molecule has 128 valence electrons. The van der Waals surface area contributed by atoms with Crippen LogP contribution < -0.4 is 15.2 Å². The van der Waals surface area contributed by atoms with Gasteiger partial charge in [-0.1, -0.05) is 6.07 Å². The van der Waals surface area contributed by atoms with Gasteiger partial charge in [-0.15, -0.1) is 0 Å². The summed E-state index contributed by atoms with van der Waals surface area (Å²) < 4.78 is 6.35. The molecule has 0 spiro atoms. The maximum Gasteiger partial charge on any atom is 0.282 e. The van der Waals surface area contributed by atoms with Crippen molar-refractivity contribution in [1.29, 1.82) is 0 Å². The van der Waals surface area contributed by atoms with Crippen LogP contribution in [0.4, 0.5) is 5.69 Å². The molecule has 6 nitrogen and oxygen atoms in total. The Morgan fingerprint density at radius 3 is 2.60 bits per heavy atom. The Morgan fingerprint density at radius 1 is 1.20 bits per heavy atom. The van der Waals surface area contributed by atoms with Crippen LogP contribution in [0.15, 0.2) is 48.0 Å². The van der Waals surface area contributed by atoms with Crippen molar-refractivity contribution in [3.8, 4) is 11.5 Å². The van der Waals surface area contributed by atoms with Crippen molar-refractivity contribution in [3.05, 3.63) is 57.2 Å². The van der Waals surface area contributed by atoms with Crippen LogP contribution in [0.3, 0.4) is 0 Å². The summed E-state index contributed by atoms with van der Waals surface area (Å²) >= 11 is 2.17. The van der Waals surface area contributed by atoms with Crippen molar-refractivity contribution in [2.75, 3.05) is 11.6 Å². The zero-order chi connectivity index (χ0) is 18.0. The second-order valence-corrected chi connectivity index (χ2v) is 6.52. The first-order valence-corrected chi connectivity index (χ1v) is 8.66. The van der Waals surface area contributed by atoms with E-state index in [-0.39, 0.29) is 11.3 Å². The predicted molar refractivity (Wildman–Crippen MR) is 102 cm³/mol. The summed E-state index contributed by atoms with van der Waals surface area (Å²) in [6, 6.07) is 11.9. The Morgan fingerprint density at radius 2 is 1.92 bits per heavy atom. The van der Waals surface area contributed by atoms with E-state index in [2.05, 4.69) is 28.0 Å². The molecule has 0 radical (unpaired) electrons. The number of aromatic hydroxyl groups is 1. The highest BCUT2D eigenvalue weighted by Gasteiger charge is 2.34. The van der Waals surface area contributed by atoms with E-state index in [4.69, 9.17) is 4.74 Å². The Balaban J connectivity index is 1.91. The molecule has 1 heterocycles. The SMILES string of the molecule is CCOc1cc(/C=C2\C(=O)NN(c3ccc(I)cc3)C2=O)ccc1O. The number of carbonyl (C=O) groups is 2. The van der Waals surface area contributed by atoms with Gasteiger partial charge in [0.25, 0.3) is 11.8 Å². The van der Waals surface area contributed by atoms with Gasteiger partial charge < -0.3 is 9.84 Å². The number of phenols is 1. The molecule has 1 aliphatic rings. The predicted octanol–water partition coefficient (Wildman–Crippen LogP) is 2.86. The van der Waals surface area contributed by atoms with Gasteiger partial charge in [-0.3, -0.25) is 15.0 Å². The summed E-state index contributed by atoms with van der Waals surface area (Å²) in [5, 5.41) is 11.0. The number of nitrogens with zero attached hydrogens (tertiary/aromatic N) is 1. The number of rotatable bonds is 4. The summed E-state index contributed by atoms with van der Waals surface area (Å²) in [6.07, 6.45) is 1.48. The van der Waals surface area contributed by atoms with E-state index < -0.39 is 11.8 Å². The average molecular weight is 450 g/mol. The number of anilines is 1. The lowest BCUT2D eigenvalue weighted by molar-refractivity contribution is -0.117. The Bertz CT molecular complexity index is 862. The van der Waals surface area contributed by atoms with Crippen LogP contribution in [0.2, 0.25) is 0 Å². The molecule has 1 fully saturated rings. The number of halogens is 1. The summed E-state index contributed by atoms with van der Waals surface area (Å²) in [7, 11) is 0. The standard InChI is InChI=1S/C18H15IN2O4/c1-2-25-16-10-11(3-8-15(16)22)9-14-17(23)20-21(18(14)24)13-6-4-12(19)5-7-13/h3-10,22H,2H2,1H3,(H,20,23)/b14-9+. The van der Waals surface area contributed by atoms with Crippen molar-refractivity contribution >= 4 is 46.2 Å². The van der Waals surface area contributed by atoms with Gasteiger partial charge in [0.2, 0.25) is 0 Å². The monoisotopic (exact) mass is 450 g/mol. The molecule has 3 rings (SSSR count). The largest absolute Gasteiger partial charge is 0.504 e. The molecule has 0 atom stereocenters. The number of nitrogens with one attached hydrogen (secondary N) is 1. The van der Waals surface area contributed by atoms with Crippen LogP contribution in [0.5, 0.6) is 11.5 Å². The third kappa shape index (κ3) is 3.60. The zero-order valence-corrected chi connectivity index (χ0v) is 15.5. The topological polar surface area (TPSA) is 78.9 Å². The van der Waals surface area contributed by atoms with Crippen LogP contribution >= 0.6 is 22.6 Å². The van der Waals surface area contributed by atoms with Gasteiger partial charge in [-0.25, -0.2) is 5.01 Å². The van der Waals surface area contributed by atoms with Gasteiger partial charge in [0.05, 0.1) is 12.3 Å². The van der Waals surface area contributed by atoms with Crippen LogP contribution in [0.1, 0.15) is 12.5 Å². The van der Waals surface area contributed by atoms with E-state index in [1.165, 1.54) is 17.2 Å². The Hall–Kier alpha value is -2.55. The third-order valence-corrected chi connectivity index (χ3v) is 4.29. The fourth-order valence-electron chi connectivity index (χ4n) is 2.39. The number of amides is 2. The molecule has 7 heteroatoms. The summed E-state index contributed by atoms with van der Waals surface area (Å²) in [4.78, 5) is 24.8. The lowest BCUT2D eigenvalue weighted by Gasteiger charge is -2.14. The fraction of sp³-hybridized carbons (Fsp3) is 0.111. The molecular formula is C18H15IN2O4. The first-order valence-electron chi connectivity index (χ1n) is 7.58. The van der Waals surface area contributed by atoms with E-state index in [0.29, 0.717) is 23.6 Å². The smallest absolute Gasteiger partial charge is 0.282 e. The highest BCUT2D eigenvalue weighted by Crippen LogP contribution is 2.29. The zero-order valence-electron chi connectivity index (χ0n) is 13.3. The van der Waals surface area contributed by atoms with Crippen molar-refractivity contribution < 1.29 is 19.4 Å². The molecule has 0 saturated carbocycles. The summed E-state index contributed by atoms with van der Waals surface area (Å²) in [5.74, 6) is -0.601. The molecule has 0 unspecified atom stereocenters. The van der Waals surface area contributed by atoms with E-state index in [1.54, 1.807) is 31.2 Å². The average Bonchev–Trinajstić information content (AvgIpc) is 2.87. The number of benzene rings is 2. The minimum Gasteiger partial charge on any atom is -0.504 e. The van der Waals surface area contributed by atoms with Gasteiger partial charge in [-0.2, -0.15) is 0 Å². The summed E-state index contributed by atoms with van der Waals surface area (Å²) in [6.45, 7) is 2.20. The van der Waals surface area contributed by atoms with Gasteiger partial charge in [0.15, 0.2) is 11.5 Å². The van der Waals surface area contributed by atoms with Crippen molar-refractivity contribution in [2.24, 2.45) is 0 Å². The maximum atomic E-state index is 12.6. The quantitative estimate of drug-likeness (QED) is 0.427. The van der Waals surface area contributed by atoms with Crippen LogP contribution in [0.25, 0.3) is 6.08 Å². The third-order valence-electron chi connectivity index (χ3n) is 3.57. The Labute approximate surface area is 158 Å². The number of hydrogen-bond acceptors (Lipinski definition) is 4. The van der Waals surface area contributed by atoms with E-state index in [9.17, 15) is 14.7 Å². The second kappa shape index (κ2) is 7.14. The first kappa shape index (κ1) is 17.3. The van der Waals surface area contributed by atoms with Gasteiger partial charge in [-0.05, 0) is 77.6 Å². The van der Waals surface area contributed by atoms with E-state index in [1.807, 2.05) is 12.1 Å². The molecule has 0 aromatic heterocycles. The normalized spacial score (nSPS) is 15.6.